The van der Waals surface area contributed by atoms with Crippen LogP contribution in [0.15, 0.2) is 0 Å². The third-order valence-electron chi connectivity index (χ3n) is 0.903. The summed E-state index contributed by atoms with van der Waals surface area (Å²) in [6.07, 6.45) is 5.33. The highest BCUT2D eigenvalue weighted by Crippen LogP contribution is 2.10. The van der Waals surface area contributed by atoms with Gasteiger partial charge in [-0.1, -0.05) is 0 Å². The molecule has 6 heavy (non-hydrogen) atoms. The normalized spacial score (nSPS) is 22.3. The maximum absolute atomic E-state index is 10.1. The van der Waals surface area contributed by atoms with Gasteiger partial charge < -0.3 is 0 Å². The first-order valence-electron chi connectivity index (χ1n) is 2.16. The van der Waals surface area contributed by atoms with E-state index in [-0.39, 0.29) is 5.78 Å². The zero-order valence-electron chi connectivity index (χ0n) is 3.53. The minimum absolute atomic E-state index is 0.204. The highest BCUT2D eigenvalue weighted by atomic mass is 16.1. The molecule has 0 aliphatic heterocycles. The lowest BCUT2D eigenvalue weighted by Gasteiger charge is -1.70. The fourth-order valence-corrected chi connectivity index (χ4v) is 0.565. The average molecular weight is 82.1 g/mol. The minimum atomic E-state index is 0.204. The Morgan fingerprint density at radius 3 is 2.67 bits per heavy atom. The van der Waals surface area contributed by atoms with E-state index < -0.39 is 0 Å². The fourth-order valence-electron chi connectivity index (χ4n) is 0.565. The van der Waals surface area contributed by atoms with Crippen molar-refractivity contribution >= 4 is 5.78 Å². The summed E-state index contributed by atoms with van der Waals surface area (Å²) >= 11 is 0. The molecule has 0 heterocycles. The molecular formula is C5H6O. The number of rotatable bonds is 0. The monoisotopic (exact) mass is 82.0 g/mol. The Labute approximate surface area is 37.4 Å². The van der Waals surface area contributed by atoms with Crippen LogP contribution in [0.3, 0.4) is 0 Å². The molecule has 0 aromatic heterocycles. The molecule has 1 saturated carbocycles. The van der Waals surface area contributed by atoms with Crippen molar-refractivity contribution in [3.8, 4) is 0 Å². The molecule has 0 aromatic rings. The Balaban J connectivity index is 2.37. The van der Waals surface area contributed by atoms with Gasteiger partial charge in [-0.05, 0) is 12.8 Å². The van der Waals surface area contributed by atoms with Gasteiger partial charge in [0.15, 0.2) is 0 Å². The number of Topliss-reactive ketones (excluding diaryl/α,β-unsaturated/α-hetero) is 1. The quantitative estimate of drug-likeness (QED) is 0.423. The number of carbonyl (C=O) groups is 1. The Kier molecular flexibility index (Phi) is 0.906. The molecule has 1 nitrogen and oxygen atoms in total. The lowest BCUT2D eigenvalue weighted by atomic mass is 10.4. The molecule has 0 amide bonds. The SMILES string of the molecule is O=C1[C]CCC1. The number of carbonyl (C=O) groups excluding carboxylic acids is 1. The third-order valence-corrected chi connectivity index (χ3v) is 0.903. The van der Waals surface area contributed by atoms with Gasteiger partial charge in [-0.25, -0.2) is 0 Å². The molecule has 0 saturated heterocycles. The molecule has 0 atom stereocenters. The first-order valence-corrected chi connectivity index (χ1v) is 2.16. The number of hydrogen-bond donors (Lipinski definition) is 0. The second kappa shape index (κ2) is 1.41. The lowest BCUT2D eigenvalue weighted by molar-refractivity contribution is -0.114. The van der Waals surface area contributed by atoms with Gasteiger partial charge in [0.05, 0.1) is 6.42 Å². The van der Waals surface area contributed by atoms with Gasteiger partial charge in [0, 0.05) is 6.42 Å². The maximum atomic E-state index is 10.1. The number of hydrogen-bond acceptors (Lipinski definition) is 1. The molecule has 1 aliphatic rings. The van der Waals surface area contributed by atoms with Gasteiger partial charge in [0.25, 0.3) is 0 Å². The van der Waals surface area contributed by atoms with Crippen LogP contribution in [0, 0.1) is 6.42 Å². The molecule has 32 valence electrons. The summed E-state index contributed by atoms with van der Waals surface area (Å²) in [6.45, 7) is 0. The van der Waals surface area contributed by atoms with Gasteiger partial charge in [0.1, 0.15) is 5.78 Å². The highest BCUT2D eigenvalue weighted by molar-refractivity contribution is 5.88. The molecule has 2 radical (unpaired) electrons. The molecule has 0 spiro atoms. The Morgan fingerprint density at radius 2 is 2.50 bits per heavy atom. The number of ketones is 1. The van der Waals surface area contributed by atoms with Crippen molar-refractivity contribution < 1.29 is 4.79 Å². The minimum Gasteiger partial charge on any atom is -0.299 e. The van der Waals surface area contributed by atoms with E-state index in [1.54, 1.807) is 0 Å². The van der Waals surface area contributed by atoms with E-state index in [1.165, 1.54) is 0 Å². The van der Waals surface area contributed by atoms with Crippen LogP contribution in [-0.2, 0) is 4.79 Å². The van der Waals surface area contributed by atoms with E-state index in [2.05, 4.69) is 6.42 Å². The van der Waals surface area contributed by atoms with Crippen LogP contribution in [0.5, 0.6) is 0 Å². The fraction of sp³-hybridized carbons (Fsp3) is 0.600. The van der Waals surface area contributed by atoms with Crippen LogP contribution in [0.4, 0.5) is 0 Å². The summed E-state index contributed by atoms with van der Waals surface area (Å²) in [5, 5.41) is 0. The van der Waals surface area contributed by atoms with Gasteiger partial charge in [-0.15, -0.1) is 0 Å². The topological polar surface area (TPSA) is 17.1 Å². The molecule has 1 rings (SSSR count). The first kappa shape index (κ1) is 3.85. The summed E-state index contributed by atoms with van der Waals surface area (Å²) < 4.78 is 0. The standard InChI is InChI=1S/C5H6O/c6-5-3-1-2-4-5/h1-3H2. The Bertz CT molecular complexity index is 58.3. The van der Waals surface area contributed by atoms with Crippen molar-refractivity contribution in [2.75, 3.05) is 0 Å². The molecule has 1 fully saturated rings. The second-order valence-electron chi connectivity index (χ2n) is 1.45. The summed E-state index contributed by atoms with van der Waals surface area (Å²) in [6, 6.07) is 0. The van der Waals surface area contributed by atoms with Crippen molar-refractivity contribution in [2.24, 2.45) is 0 Å². The predicted molar refractivity (Wildman–Crippen MR) is 22.1 cm³/mol. The van der Waals surface area contributed by atoms with E-state index in [1.807, 2.05) is 0 Å². The molecule has 1 aliphatic carbocycles. The van der Waals surface area contributed by atoms with Crippen LogP contribution in [0.2, 0.25) is 0 Å². The molecule has 0 unspecified atom stereocenters. The predicted octanol–water partition coefficient (Wildman–Crippen LogP) is 0.821. The Hall–Kier alpha value is -0.330. The largest absolute Gasteiger partial charge is 0.299 e. The lowest BCUT2D eigenvalue weighted by Crippen LogP contribution is -1.83. The van der Waals surface area contributed by atoms with Crippen molar-refractivity contribution in [1.82, 2.24) is 0 Å². The summed E-state index contributed by atoms with van der Waals surface area (Å²) in [5.41, 5.74) is 0. The van der Waals surface area contributed by atoms with Crippen molar-refractivity contribution in [3.63, 3.8) is 0 Å². The second-order valence-corrected chi connectivity index (χ2v) is 1.45. The first-order chi connectivity index (χ1) is 2.89. The van der Waals surface area contributed by atoms with E-state index in [0.717, 1.165) is 19.3 Å². The van der Waals surface area contributed by atoms with Gasteiger partial charge in [-0.2, -0.15) is 0 Å². The summed E-state index contributed by atoms with van der Waals surface area (Å²) in [5.74, 6) is 0.204. The molecule has 1 heteroatoms. The van der Waals surface area contributed by atoms with Gasteiger partial charge in [-0.3, -0.25) is 4.79 Å². The van der Waals surface area contributed by atoms with Crippen LogP contribution in [-0.4, -0.2) is 5.78 Å². The van der Waals surface area contributed by atoms with E-state index in [0.29, 0.717) is 0 Å². The molecular weight excluding hydrogens is 76.1 g/mol. The van der Waals surface area contributed by atoms with Crippen LogP contribution in [0.1, 0.15) is 19.3 Å². The Morgan fingerprint density at radius 1 is 1.67 bits per heavy atom. The van der Waals surface area contributed by atoms with Crippen LogP contribution < -0.4 is 0 Å². The summed E-state index contributed by atoms with van der Waals surface area (Å²) in [4.78, 5) is 10.1. The molecule has 0 N–H and O–H groups in total. The van der Waals surface area contributed by atoms with E-state index in [9.17, 15) is 4.79 Å². The zero-order valence-corrected chi connectivity index (χ0v) is 3.53. The van der Waals surface area contributed by atoms with Crippen LogP contribution >= 0.6 is 0 Å². The van der Waals surface area contributed by atoms with E-state index >= 15 is 0 Å². The van der Waals surface area contributed by atoms with Gasteiger partial charge >= 0.3 is 0 Å². The van der Waals surface area contributed by atoms with Crippen molar-refractivity contribution in [3.05, 3.63) is 6.42 Å². The van der Waals surface area contributed by atoms with Crippen molar-refractivity contribution in [2.45, 2.75) is 19.3 Å². The average Bonchev–Trinajstić information content (AvgIpc) is 1.86. The maximum Gasteiger partial charge on any atom is 0.141 e. The van der Waals surface area contributed by atoms with Crippen LogP contribution in [0.25, 0.3) is 0 Å². The zero-order chi connectivity index (χ0) is 4.41. The summed E-state index contributed by atoms with van der Waals surface area (Å²) in [7, 11) is 0. The molecule has 0 bridgehead atoms. The smallest absolute Gasteiger partial charge is 0.141 e. The van der Waals surface area contributed by atoms with Crippen molar-refractivity contribution in [1.29, 1.82) is 0 Å². The highest BCUT2D eigenvalue weighted by Gasteiger charge is 2.08. The van der Waals surface area contributed by atoms with Gasteiger partial charge in [0.2, 0.25) is 0 Å². The van der Waals surface area contributed by atoms with E-state index in [4.69, 9.17) is 0 Å². The third kappa shape index (κ3) is 0.588. The molecule has 0 aromatic carbocycles.